The van der Waals surface area contributed by atoms with Gasteiger partial charge in [-0.05, 0) is 18.6 Å². The fourth-order valence-electron chi connectivity index (χ4n) is 1.49. The number of hydrogen-bond donors (Lipinski definition) is 0. The first-order valence-corrected chi connectivity index (χ1v) is 6.98. The molecule has 0 fully saturated rings. The molecule has 1 aromatic heterocycles. The van der Waals surface area contributed by atoms with Gasteiger partial charge in [-0.3, -0.25) is 0 Å². The van der Waals surface area contributed by atoms with Crippen LogP contribution in [0.25, 0.3) is 0 Å². The molecule has 0 radical (unpaired) electrons. The van der Waals surface area contributed by atoms with E-state index in [2.05, 4.69) is 16.5 Å². The van der Waals surface area contributed by atoms with Crippen LogP contribution in [0.4, 0.5) is 5.69 Å². The van der Waals surface area contributed by atoms with Crippen molar-refractivity contribution in [2.24, 2.45) is 4.99 Å². The molecule has 2 aromatic rings. The molecule has 0 bridgehead atoms. The molecule has 2 rings (SSSR count). The lowest BCUT2D eigenvalue weighted by molar-refractivity contribution is 0.661. The maximum absolute atomic E-state index is 6.09. The highest BCUT2D eigenvalue weighted by atomic mass is 35.5. The fraction of sp³-hybridized carbons (Fsp3) is 0.250. The number of rotatable bonds is 3. The summed E-state index contributed by atoms with van der Waals surface area (Å²) in [5.41, 5.74) is 0.642. The molecule has 0 aliphatic heterocycles. The zero-order chi connectivity index (χ0) is 12.3. The average Bonchev–Trinajstić information content (AvgIpc) is 2.72. The smallest absolute Gasteiger partial charge is 0.189 e. The monoisotopic (exact) mass is 286 g/mol. The first kappa shape index (κ1) is 12.7. The lowest BCUT2D eigenvalue weighted by Crippen LogP contribution is -2.13. The van der Waals surface area contributed by atoms with Crippen molar-refractivity contribution in [3.05, 3.63) is 44.6 Å². The Morgan fingerprint density at radius 3 is 2.65 bits per heavy atom. The van der Waals surface area contributed by atoms with Crippen LogP contribution in [0.15, 0.2) is 34.8 Å². The summed E-state index contributed by atoms with van der Waals surface area (Å²) in [5, 5.41) is 3.17. The highest BCUT2D eigenvalue weighted by Crippen LogP contribution is 2.32. The fourth-order valence-corrected chi connectivity index (χ4v) is 2.73. The van der Waals surface area contributed by atoms with Crippen LogP contribution in [0.3, 0.4) is 0 Å². The minimum absolute atomic E-state index is 0.578. The Kier molecular flexibility index (Phi) is 4.26. The van der Waals surface area contributed by atoms with Crippen molar-refractivity contribution < 1.29 is 0 Å². The van der Waals surface area contributed by atoms with E-state index in [4.69, 9.17) is 23.2 Å². The van der Waals surface area contributed by atoms with Crippen LogP contribution < -0.4 is 4.80 Å². The first-order chi connectivity index (χ1) is 8.22. The molecule has 0 aliphatic carbocycles. The highest BCUT2D eigenvalue weighted by molar-refractivity contribution is 7.07. The summed E-state index contributed by atoms with van der Waals surface area (Å²) in [4.78, 5) is 5.45. The third-order valence-corrected chi connectivity index (χ3v) is 3.67. The number of aromatic nitrogens is 1. The van der Waals surface area contributed by atoms with Gasteiger partial charge in [0, 0.05) is 18.1 Å². The minimum Gasteiger partial charge on any atom is -0.324 e. The van der Waals surface area contributed by atoms with Gasteiger partial charge in [0.2, 0.25) is 0 Å². The van der Waals surface area contributed by atoms with E-state index < -0.39 is 0 Å². The summed E-state index contributed by atoms with van der Waals surface area (Å²) in [7, 11) is 0. The van der Waals surface area contributed by atoms with E-state index >= 15 is 0 Å². The van der Waals surface area contributed by atoms with Gasteiger partial charge < -0.3 is 4.57 Å². The van der Waals surface area contributed by atoms with Crippen molar-refractivity contribution in [2.75, 3.05) is 0 Å². The minimum atomic E-state index is 0.578. The molecule has 5 heteroatoms. The van der Waals surface area contributed by atoms with Crippen molar-refractivity contribution in [2.45, 2.75) is 19.9 Å². The van der Waals surface area contributed by atoms with Gasteiger partial charge in [-0.25, -0.2) is 4.99 Å². The summed E-state index contributed by atoms with van der Waals surface area (Å²) in [5.74, 6) is 0. The van der Waals surface area contributed by atoms with Gasteiger partial charge in [0.05, 0.1) is 10.0 Å². The summed E-state index contributed by atoms with van der Waals surface area (Å²) < 4.78 is 2.10. The summed E-state index contributed by atoms with van der Waals surface area (Å²) in [6.07, 6.45) is 3.10. The van der Waals surface area contributed by atoms with E-state index in [1.165, 1.54) is 0 Å². The zero-order valence-corrected chi connectivity index (χ0v) is 11.7. The second-order valence-corrected chi connectivity index (χ2v) is 5.25. The van der Waals surface area contributed by atoms with E-state index in [9.17, 15) is 0 Å². The zero-order valence-electron chi connectivity index (χ0n) is 9.36. The molecule has 0 saturated heterocycles. The Bertz CT molecular complexity index is 552. The quantitative estimate of drug-likeness (QED) is 0.791. The molecule has 0 amide bonds. The van der Waals surface area contributed by atoms with Crippen molar-refractivity contribution in [1.82, 2.24) is 4.57 Å². The predicted molar refractivity (Wildman–Crippen MR) is 74.3 cm³/mol. The van der Waals surface area contributed by atoms with Crippen LogP contribution in [0.2, 0.25) is 10.0 Å². The molecular weight excluding hydrogens is 275 g/mol. The van der Waals surface area contributed by atoms with Gasteiger partial charge in [0.1, 0.15) is 5.69 Å². The van der Waals surface area contributed by atoms with Gasteiger partial charge in [0.15, 0.2) is 4.80 Å². The van der Waals surface area contributed by atoms with Gasteiger partial charge in [-0.2, -0.15) is 0 Å². The standard InChI is InChI=1S/C12H12Cl2N2S/c1-2-6-16-7-8-17-12(16)15-11-9(13)4-3-5-10(11)14/h3-5,7-8H,2,6H2,1H3. The first-order valence-electron chi connectivity index (χ1n) is 5.35. The maximum atomic E-state index is 6.09. The van der Waals surface area contributed by atoms with Crippen LogP contribution in [-0.2, 0) is 6.54 Å². The Labute approximate surface area is 114 Å². The van der Waals surface area contributed by atoms with Gasteiger partial charge in [-0.15, -0.1) is 11.3 Å². The third kappa shape index (κ3) is 2.92. The maximum Gasteiger partial charge on any atom is 0.189 e. The summed E-state index contributed by atoms with van der Waals surface area (Å²) >= 11 is 13.8. The Morgan fingerprint density at radius 1 is 1.29 bits per heavy atom. The molecule has 0 saturated carbocycles. The van der Waals surface area contributed by atoms with Crippen LogP contribution in [0.1, 0.15) is 13.3 Å². The van der Waals surface area contributed by atoms with E-state index in [1.54, 1.807) is 23.5 Å². The highest BCUT2D eigenvalue weighted by Gasteiger charge is 2.04. The van der Waals surface area contributed by atoms with Crippen LogP contribution in [0, 0.1) is 0 Å². The Balaban J connectivity index is 2.51. The molecule has 17 heavy (non-hydrogen) atoms. The van der Waals surface area contributed by atoms with Crippen molar-refractivity contribution in [3.63, 3.8) is 0 Å². The molecule has 90 valence electrons. The predicted octanol–water partition coefficient (Wildman–Crippen LogP) is 4.50. The molecule has 1 aromatic carbocycles. The molecule has 0 N–H and O–H groups in total. The van der Waals surface area contributed by atoms with Gasteiger partial charge in [-0.1, -0.05) is 36.2 Å². The lowest BCUT2D eigenvalue weighted by atomic mass is 10.3. The second-order valence-electron chi connectivity index (χ2n) is 3.56. The average molecular weight is 287 g/mol. The molecule has 0 spiro atoms. The molecule has 2 nitrogen and oxygen atoms in total. The number of halogens is 2. The van der Waals surface area contributed by atoms with E-state index in [0.29, 0.717) is 15.7 Å². The van der Waals surface area contributed by atoms with Gasteiger partial charge >= 0.3 is 0 Å². The van der Waals surface area contributed by atoms with Crippen LogP contribution >= 0.6 is 34.5 Å². The van der Waals surface area contributed by atoms with Crippen LogP contribution in [0.5, 0.6) is 0 Å². The molecule has 0 unspecified atom stereocenters. The summed E-state index contributed by atoms with van der Waals surface area (Å²) in [6, 6.07) is 5.41. The molecular formula is C12H12Cl2N2S. The van der Waals surface area contributed by atoms with E-state index in [1.807, 2.05) is 17.6 Å². The number of nitrogens with zero attached hydrogens (tertiary/aromatic N) is 2. The number of aryl methyl sites for hydroxylation is 1. The normalized spacial score (nSPS) is 12.1. The summed E-state index contributed by atoms with van der Waals surface area (Å²) in [6.45, 7) is 3.08. The molecule has 1 heterocycles. The second kappa shape index (κ2) is 5.71. The number of benzene rings is 1. The molecule has 0 atom stereocenters. The number of thiazole rings is 1. The largest absolute Gasteiger partial charge is 0.324 e. The van der Waals surface area contributed by atoms with Crippen molar-refractivity contribution in [3.8, 4) is 0 Å². The van der Waals surface area contributed by atoms with E-state index in [0.717, 1.165) is 17.8 Å². The topological polar surface area (TPSA) is 17.3 Å². The van der Waals surface area contributed by atoms with Crippen LogP contribution in [-0.4, -0.2) is 4.57 Å². The van der Waals surface area contributed by atoms with Gasteiger partial charge in [0.25, 0.3) is 0 Å². The number of para-hydroxylation sites is 1. The Hall–Kier alpha value is -0.770. The Morgan fingerprint density at radius 2 is 2.00 bits per heavy atom. The molecule has 0 aliphatic rings. The van der Waals surface area contributed by atoms with E-state index in [-0.39, 0.29) is 0 Å². The van der Waals surface area contributed by atoms with Crippen molar-refractivity contribution in [1.29, 1.82) is 0 Å². The lowest BCUT2D eigenvalue weighted by Gasteiger charge is -2.02. The third-order valence-electron chi connectivity index (χ3n) is 2.27. The van der Waals surface area contributed by atoms with Crippen molar-refractivity contribution >= 4 is 40.2 Å². The number of hydrogen-bond acceptors (Lipinski definition) is 2. The SMILES string of the molecule is CCCn1ccsc1=Nc1c(Cl)cccc1Cl.